The number of aromatic nitrogens is 3. The molecular weight excluding hydrogens is 194 g/mol. The van der Waals surface area contributed by atoms with Gasteiger partial charge in [0.15, 0.2) is 5.16 Å². The zero-order valence-corrected chi connectivity index (χ0v) is 8.31. The number of hydrogen-bond donors (Lipinski definition) is 0. The maximum absolute atomic E-state index is 4.28. The van der Waals surface area contributed by atoms with E-state index >= 15 is 0 Å². The van der Waals surface area contributed by atoms with Crippen LogP contribution in [0, 0.1) is 0 Å². The van der Waals surface area contributed by atoms with Crippen LogP contribution < -0.4 is 0 Å². The summed E-state index contributed by atoms with van der Waals surface area (Å²) in [6, 6.07) is 4.15. The minimum absolute atomic E-state index is 0.502. The molecule has 1 aliphatic rings. The predicted molar refractivity (Wildman–Crippen MR) is 55.1 cm³/mol. The lowest BCUT2D eigenvalue weighted by molar-refractivity contribution is 0.663. The van der Waals surface area contributed by atoms with Crippen molar-refractivity contribution >= 4 is 11.8 Å². The van der Waals surface area contributed by atoms with E-state index < -0.39 is 0 Å². The van der Waals surface area contributed by atoms with Crippen LogP contribution in [0.2, 0.25) is 0 Å². The molecule has 0 saturated carbocycles. The lowest BCUT2D eigenvalue weighted by Gasteiger charge is -2.06. The van der Waals surface area contributed by atoms with Gasteiger partial charge >= 0.3 is 0 Å². The van der Waals surface area contributed by atoms with Gasteiger partial charge < -0.3 is 4.57 Å². The maximum atomic E-state index is 4.28. The first kappa shape index (κ1) is 8.05. The van der Waals surface area contributed by atoms with Gasteiger partial charge in [-0.2, -0.15) is 0 Å². The van der Waals surface area contributed by atoms with Crippen LogP contribution in [0.5, 0.6) is 0 Å². The Morgan fingerprint density at radius 2 is 2.14 bits per heavy atom. The minimum Gasteiger partial charge on any atom is -0.325 e. The lowest BCUT2D eigenvalue weighted by Crippen LogP contribution is -1.97. The number of imidazole rings is 1. The third-order valence-corrected chi connectivity index (χ3v) is 3.62. The van der Waals surface area contributed by atoms with Crippen LogP contribution in [0.25, 0.3) is 0 Å². The SMILES string of the molecule is c1cc(C2Cn3ccnc3S2)ccn1. The van der Waals surface area contributed by atoms with Gasteiger partial charge in [-0.05, 0) is 17.7 Å². The summed E-state index contributed by atoms with van der Waals surface area (Å²) in [6.07, 6.45) is 7.57. The molecule has 14 heavy (non-hydrogen) atoms. The Kier molecular flexibility index (Phi) is 1.80. The van der Waals surface area contributed by atoms with Crippen LogP contribution >= 0.6 is 11.8 Å². The highest BCUT2D eigenvalue weighted by molar-refractivity contribution is 7.99. The molecule has 0 saturated heterocycles. The maximum Gasteiger partial charge on any atom is 0.168 e. The first-order valence-electron chi connectivity index (χ1n) is 4.51. The largest absolute Gasteiger partial charge is 0.325 e. The summed E-state index contributed by atoms with van der Waals surface area (Å²) >= 11 is 1.82. The Hall–Kier alpha value is -1.29. The topological polar surface area (TPSA) is 30.7 Å². The summed E-state index contributed by atoms with van der Waals surface area (Å²) in [7, 11) is 0. The highest BCUT2D eigenvalue weighted by Gasteiger charge is 2.23. The smallest absolute Gasteiger partial charge is 0.168 e. The van der Waals surface area contributed by atoms with Gasteiger partial charge in [-0.25, -0.2) is 4.98 Å². The zero-order chi connectivity index (χ0) is 9.38. The van der Waals surface area contributed by atoms with Crippen molar-refractivity contribution in [1.82, 2.24) is 14.5 Å². The summed E-state index contributed by atoms with van der Waals surface area (Å²) in [5.41, 5.74) is 1.33. The van der Waals surface area contributed by atoms with E-state index in [2.05, 4.69) is 26.7 Å². The van der Waals surface area contributed by atoms with E-state index in [0.717, 1.165) is 11.7 Å². The molecule has 70 valence electrons. The van der Waals surface area contributed by atoms with Gasteiger partial charge in [0.25, 0.3) is 0 Å². The Balaban J connectivity index is 1.89. The minimum atomic E-state index is 0.502. The molecule has 0 amide bonds. The van der Waals surface area contributed by atoms with E-state index in [1.165, 1.54) is 5.56 Å². The normalized spacial score (nSPS) is 19.6. The second kappa shape index (κ2) is 3.13. The molecule has 0 N–H and O–H groups in total. The molecule has 0 bridgehead atoms. The second-order valence-corrected chi connectivity index (χ2v) is 4.42. The van der Waals surface area contributed by atoms with Crippen molar-refractivity contribution in [2.24, 2.45) is 0 Å². The van der Waals surface area contributed by atoms with Gasteiger partial charge in [0.1, 0.15) is 0 Å². The average Bonchev–Trinajstić information content (AvgIpc) is 2.78. The van der Waals surface area contributed by atoms with Crippen molar-refractivity contribution in [2.45, 2.75) is 17.0 Å². The summed E-state index contributed by atoms with van der Waals surface area (Å²) in [6.45, 7) is 1.02. The Labute approximate surface area is 86.2 Å². The van der Waals surface area contributed by atoms with E-state index in [1.807, 2.05) is 36.5 Å². The second-order valence-electron chi connectivity index (χ2n) is 3.25. The monoisotopic (exact) mass is 203 g/mol. The standard InChI is InChI=1S/C10H9N3S/c1-3-11-4-2-8(1)9-7-13-6-5-12-10(13)14-9/h1-6,9H,7H2. The van der Waals surface area contributed by atoms with E-state index in [1.54, 1.807) is 0 Å². The molecule has 0 radical (unpaired) electrons. The Morgan fingerprint density at radius 1 is 1.29 bits per heavy atom. The van der Waals surface area contributed by atoms with E-state index in [9.17, 15) is 0 Å². The number of pyridine rings is 1. The van der Waals surface area contributed by atoms with Crippen molar-refractivity contribution < 1.29 is 0 Å². The van der Waals surface area contributed by atoms with Crippen molar-refractivity contribution in [1.29, 1.82) is 0 Å². The fourth-order valence-electron chi connectivity index (χ4n) is 1.65. The van der Waals surface area contributed by atoms with Gasteiger partial charge in [-0.3, -0.25) is 4.98 Å². The average molecular weight is 203 g/mol. The van der Waals surface area contributed by atoms with E-state index in [0.29, 0.717) is 5.25 Å². The summed E-state index contributed by atoms with van der Waals surface area (Å²) in [5, 5.41) is 1.62. The highest BCUT2D eigenvalue weighted by Crippen LogP contribution is 2.41. The Morgan fingerprint density at radius 3 is 2.93 bits per heavy atom. The van der Waals surface area contributed by atoms with Crippen LogP contribution in [0.3, 0.4) is 0 Å². The molecule has 1 unspecified atom stereocenters. The molecule has 0 spiro atoms. The van der Waals surface area contributed by atoms with Crippen molar-refractivity contribution in [2.75, 3.05) is 0 Å². The molecule has 2 aromatic heterocycles. The Bertz CT molecular complexity index is 417. The quantitative estimate of drug-likeness (QED) is 0.711. The molecule has 3 rings (SSSR count). The third-order valence-electron chi connectivity index (χ3n) is 2.37. The zero-order valence-electron chi connectivity index (χ0n) is 7.50. The summed E-state index contributed by atoms with van der Waals surface area (Å²) in [5.74, 6) is 0. The fraction of sp³-hybridized carbons (Fsp3) is 0.200. The number of hydrogen-bond acceptors (Lipinski definition) is 3. The summed E-state index contributed by atoms with van der Waals surface area (Å²) < 4.78 is 2.19. The molecule has 1 aliphatic heterocycles. The molecule has 2 aromatic rings. The van der Waals surface area contributed by atoms with Crippen molar-refractivity contribution in [3.05, 3.63) is 42.5 Å². The van der Waals surface area contributed by atoms with Gasteiger partial charge in [-0.1, -0.05) is 11.8 Å². The van der Waals surface area contributed by atoms with Gasteiger partial charge in [-0.15, -0.1) is 0 Å². The van der Waals surface area contributed by atoms with Crippen LogP contribution in [0.1, 0.15) is 10.8 Å². The highest BCUT2D eigenvalue weighted by atomic mass is 32.2. The van der Waals surface area contributed by atoms with Crippen LogP contribution in [-0.4, -0.2) is 14.5 Å². The van der Waals surface area contributed by atoms with Crippen LogP contribution in [0.4, 0.5) is 0 Å². The molecule has 0 fully saturated rings. The van der Waals surface area contributed by atoms with Crippen molar-refractivity contribution in [3.63, 3.8) is 0 Å². The molecule has 4 heteroatoms. The first-order chi connectivity index (χ1) is 6.93. The van der Waals surface area contributed by atoms with Gasteiger partial charge in [0.05, 0.1) is 5.25 Å². The summed E-state index contributed by atoms with van der Waals surface area (Å²) in [4.78, 5) is 8.30. The first-order valence-corrected chi connectivity index (χ1v) is 5.39. The van der Waals surface area contributed by atoms with Crippen LogP contribution in [-0.2, 0) is 6.54 Å². The van der Waals surface area contributed by atoms with E-state index in [-0.39, 0.29) is 0 Å². The van der Waals surface area contributed by atoms with Gasteiger partial charge in [0, 0.05) is 31.3 Å². The molecule has 3 nitrogen and oxygen atoms in total. The van der Waals surface area contributed by atoms with Crippen LogP contribution in [0.15, 0.2) is 42.1 Å². The number of rotatable bonds is 1. The lowest BCUT2D eigenvalue weighted by atomic mass is 10.2. The molecule has 0 aromatic carbocycles. The number of fused-ring (bicyclic) bond motifs is 1. The number of nitrogens with zero attached hydrogens (tertiary/aromatic N) is 3. The molecule has 0 aliphatic carbocycles. The van der Waals surface area contributed by atoms with Crippen molar-refractivity contribution in [3.8, 4) is 0 Å². The number of thioether (sulfide) groups is 1. The van der Waals surface area contributed by atoms with Gasteiger partial charge in [0.2, 0.25) is 0 Å². The molecule has 3 heterocycles. The third kappa shape index (κ3) is 1.23. The van der Waals surface area contributed by atoms with E-state index in [4.69, 9.17) is 0 Å². The predicted octanol–water partition coefficient (Wildman–Crippen LogP) is 2.13. The molecule has 1 atom stereocenters. The molecular formula is C10H9N3S. The fourth-order valence-corrected chi connectivity index (χ4v) is 2.82.